The molecule has 0 radical (unpaired) electrons. The molecule has 6 nitrogen and oxygen atoms in total. The van der Waals surface area contributed by atoms with Crippen molar-refractivity contribution in [2.45, 2.75) is 19.0 Å². The van der Waals surface area contributed by atoms with Crippen molar-refractivity contribution in [3.8, 4) is 12.3 Å². The highest BCUT2D eigenvalue weighted by Gasteiger charge is 2.18. The molecule has 1 rings (SSSR count). The summed E-state index contributed by atoms with van der Waals surface area (Å²) >= 11 is 3.17. The Morgan fingerprint density at radius 2 is 2.21 bits per heavy atom. The molecule has 1 amide bonds. The van der Waals surface area contributed by atoms with Gasteiger partial charge in [-0.1, -0.05) is 0 Å². The molecule has 0 saturated heterocycles. The number of aliphatic carboxylic acids is 1. The number of carbonyl (C=O) groups is 2. The SMILES string of the molecule is C#CCC(NC(=O)Cn1cc(Br)ccc1=O)C(=O)O. The van der Waals surface area contributed by atoms with Crippen LogP contribution in [0.1, 0.15) is 6.42 Å². The predicted octanol–water partition coefficient (Wildman–Crippen LogP) is 0.203. The molecule has 0 aromatic carbocycles. The van der Waals surface area contributed by atoms with E-state index in [9.17, 15) is 14.4 Å². The fraction of sp³-hybridized carbons (Fsp3) is 0.250. The Morgan fingerprint density at radius 3 is 2.79 bits per heavy atom. The number of nitrogens with zero attached hydrogens (tertiary/aromatic N) is 1. The number of nitrogens with one attached hydrogen (secondary N) is 1. The van der Waals surface area contributed by atoms with Crippen molar-refractivity contribution in [2.75, 3.05) is 0 Å². The maximum Gasteiger partial charge on any atom is 0.327 e. The maximum absolute atomic E-state index is 11.6. The van der Waals surface area contributed by atoms with Gasteiger partial charge in [-0.2, -0.15) is 0 Å². The monoisotopic (exact) mass is 326 g/mol. The summed E-state index contributed by atoms with van der Waals surface area (Å²) in [6.07, 6.45) is 6.34. The number of hydrogen-bond acceptors (Lipinski definition) is 3. The molecular formula is C12H11BrN2O4. The molecule has 0 saturated carbocycles. The number of halogens is 1. The molecule has 1 aromatic heterocycles. The molecule has 7 heteroatoms. The first-order valence-electron chi connectivity index (χ1n) is 5.25. The lowest BCUT2D eigenvalue weighted by Crippen LogP contribution is -2.43. The average molecular weight is 327 g/mol. The molecule has 1 unspecified atom stereocenters. The number of hydrogen-bond donors (Lipinski definition) is 2. The van der Waals surface area contributed by atoms with Crippen LogP contribution in [0.25, 0.3) is 0 Å². The molecule has 0 aliphatic carbocycles. The molecule has 0 spiro atoms. The van der Waals surface area contributed by atoms with Gasteiger partial charge in [0.1, 0.15) is 12.6 Å². The van der Waals surface area contributed by atoms with Crippen LogP contribution in [-0.2, 0) is 16.1 Å². The van der Waals surface area contributed by atoms with Crippen molar-refractivity contribution >= 4 is 27.8 Å². The van der Waals surface area contributed by atoms with E-state index >= 15 is 0 Å². The van der Waals surface area contributed by atoms with E-state index < -0.39 is 17.9 Å². The zero-order chi connectivity index (χ0) is 14.4. The predicted molar refractivity (Wildman–Crippen MR) is 71.4 cm³/mol. The molecule has 0 aliphatic rings. The quantitative estimate of drug-likeness (QED) is 0.757. The zero-order valence-electron chi connectivity index (χ0n) is 9.80. The Bertz CT molecular complexity index is 588. The van der Waals surface area contributed by atoms with E-state index in [2.05, 4.69) is 27.2 Å². The van der Waals surface area contributed by atoms with E-state index in [1.54, 1.807) is 6.07 Å². The van der Waals surface area contributed by atoms with Crippen LogP contribution in [-0.4, -0.2) is 27.6 Å². The number of carbonyl (C=O) groups excluding carboxylic acids is 1. The number of pyridine rings is 1. The van der Waals surface area contributed by atoms with E-state index in [1.807, 2.05) is 0 Å². The van der Waals surface area contributed by atoms with E-state index in [0.29, 0.717) is 4.47 Å². The van der Waals surface area contributed by atoms with Crippen molar-refractivity contribution in [1.82, 2.24) is 9.88 Å². The van der Waals surface area contributed by atoms with Gasteiger partial charge in [0.05, 0.1) is 0 Å². The minimum absolute atomic E-state index is 0.117. The molecule has 19 heavy (non-hydrogen) atoms. The van der Waals surface area contributed by atoms with Gasteiger partial charge in [0.15, 0.2) is 0 Å². The molecule has 1 atom stereocenters. The van der Waals surface area contributed by atoms with Crippen LogP contribution in [0.3, 0.4) is 0 Å². The van der Waals surface area contributed by atoms with Crippen LogP contribution in [0.2, 0.25) is 0 Å². The average Bonchev–Trinajstić information content (AvgIpc) is 2.33. The van der Waals surface area contributed by atoms with Crippen LogP contribution in [0, 0.1) is 12.3 Å². The normalized spacial score (nSPS) is 11.4. The van der Waals surface area contributed by atoms with Gasteiger partial charge in [-0.25, -0.2) is 4.79 Å². The lowest BCUT2D eigenvalue weighted by molar-refractivity contribution is -0.141. The zero-order valence-corrected chi connectivity index (χ0v) is 11.4. The van der Waals surface area contributed by atoms with Crippen LogP contribution in [0.5, 0.6) is 0 Å². The van der Waals surface area contributed by atoms with E-state index in [0.717, 1.165) is 4.57 Å². The Morgan fingerprint density at radius 1 is 1.53 bits per heavy atom. The van der Waals surface area contributed by atoms with Crippen molar-refractivity contribution in [1.29, 1.82) is 0 Å². The summed E-state index contributed by atoms with van der Waals surface area (Å²) in [4.78, 5) is 33.9. The van der Waals surface area contributed by atoms with Gasteiger partial charge >= 0.3 is 5.97 Å². The fourth-order valence-electron chi connectivity index (χ4n) is 1.34. The van der Waals surface area contributed by atoms with E-state index in [1.165, 1.54) is 12.3 Å². The van der Waals surface area contributed by atoms with Crippen LogP contribution in [0.4, 0.5) is 0 Å². The van der Waals surface area contributed by atoms with Crippen molar-refractivity contribution < 1.29 is 14.7 Å². The smallest absolute Gasteiger partial charge is 0.327 e. The standard InChI is InChI=1S/C12H11BrN2O4/c1-2-3-9(12(18)19)14-10(16)7-15-6-8(13)4-5-11(15)17/h1,4-6,9H,3,7H2,(H,14,16)(H,18,19). The Hall–Kier alpha value is -2.07. The van der Waals surface area contributed by atoms with Crippen molar-refractivity contribution in [2.24, 2.45) is 0 Å². The highest BCUT2D eigenvalue weighted by atomic mass is 79.9. The highest BCUT2D eigenvalue weighted by Crippen LogP contribution is 2.04. The summed E-state index contributed by atoms with van der Waals surface area (Å²) < 4.78 is 1.80. The minimum atomic E-state index is -1.21. The van der Waals surface area contributed by atoms with Gasteiger partial charge in [0, 0.05) is 23.2 Å². The van der Waals surface area contributed by atoms with Gasteiger partial charge in [0.25, 0.3) is 5.56 Å². The summed E-state index contributed by atoms with van der Waals surface area (Å²) in [5, 5.41) is 11.1. The summed E-state index contributed by atoms with van der Waals surface area (Å²) in [5.41, 5.74) is -0.359. The molecular weight excluding hydrogens is 316 g/mol. The van der Waals surface area contributed by atoms with Crippen LogP contribution in [0.15, 0.2) is 27.6 Å². The number of aromatic nitrogens is 1. The first-order valence-corrected chi connectivity index (χ1v) is 6.05. The fourth-order valence-corrected chi connectivity index (χ4v) is 1.72. The number of amides is 1. The first kappa shape index (κ1) is 15.0. The lowest BCUT2D eigenvalue weighted by Gasteiger charge is -2.12. The van der Waals surface area contributed by atoms with Crippen molar-refractivity contribution in [3.05, 3.63) is 33.2 Å². The number of carboxylic acid groups (broad SMARTS) is 1. The Balaban J connectivity index is 2.75. The van der Waals surface area contributed by atoms with Gasteiger partial charge in [-0.15, -0.1) is 12.3 Å². The van der Waals surface area contributed by atoms with Gasteiger partial charge in [0.2, 0.25) is 5.91 Å². The summed E-state index contributed by atoms with van der Waals surface area (Å²) in [5.74, 6) is 0.358. The molecule has 1 aromatic rings. The topological polar surface area (TPSA) is 88.4 Å². The number of carboxylic acids is 1. The Labute approximate surface area is 117 Å². The molecule has 0 bridgehead atoms. The first-order chi connectivity index (χ1) is 8.93. The molecule has 1 heterocycles. The Kier molecular flexibility index (Phi) is 5.33. The van der Waals surface area contributed by atoms with Gasteiger partial charge in [-0.05, 0) is 22.0 Å². The third-order valence-corrected chi connectivity index (χ3v) is 2.69. The third-order valence-electron chi connectivity index (χ3n) is 2.22. The highest BCUT2D eigenvalue weighted by molar-refractivity contribution is 9.10. The second-order valence-corrected chi connectivity index (χ2v) is 4.60. The number of terminal acetylenes is 1. The lowest BCUT2D eigenvalue weighted by atomic mass is 10.2. The van der Waals surface area contributed by atoms with Crippen LogP contribution >= 0.6 is 15.9 Å². The van der Waals surface area contributed by atoms with Crippen LogP contribution < -0.4 is 10.9 Å². The summed E-state index contributed by atoms with van der Waals surface area (Å²) in [7, 11) is 0. The largest absolute Gasteiger partial charge is 0.480 e. The van der Waals surface area contributed by atoms with E-state index in [4.69, 9.17) is 11.5 Å². The minimum Gasteiger partial charge on any atom is -0.480 e. The molecule has 2 N–H and O–H groups in total. The van der Waals surface area contributed by atoms with Crippen molar-refractivity contribution in [3.63, 3.8) is 0 Å². The summed E-state index contributed by atoms with van der Waals surface area (Å²) in [6, 6.07) is 1.70. The molecule has 0 aliphatic heterocycles. The second-order valence-electron chi connectivity index (χ2n) is 3.68. The van der Waals surface area contributed by atoms with Gasteiger partial charge < -0.3 is 15.0 Å². The van der Waals surface area contributed by atoms with Gasteiger partial charge in [-0.3, -0.25) is 9.59 Å². The van der Waals surface area contributed by atoms with E-state index in [-0.39, 0.29) is 18.5 Å². The second kappa shape index (κ2) is 6.75. The number of rotatable bonds is 5. The summed E-state index contributed by atoms with van der Waals surface area (Å²) in [6.45, 7) is -0.271. The molecule has 0 fully saturated rings. The molecule has 100 valence electrons. The third kappa shape index (κ3) is 4.60. The maximum atomic E-state index is 11.6.